The molecule has 2 amide bonds. The van der Waals surface area contributed by atoms with Gasteiger partial charge in [0.15, 0.2) is 0 Å². The van der Waals surface area contributed by atoms with Crippen LogP contribution < -0.4 is 63.5 Å². The van der Waals surface area contributed by atoms with Crippen molar-refractivity contribution in [1.29, 1.82) is 0 Å². The Kier molecular flexibility index (Phi) is 14.2. The molecule has 0 saturated heterocycles. The number of rotatable bonds is 1. The van der Waals surface area contributed by atoms with E-state index in [2.05, 4.69) is 31.4 Å². The molecule has 102 valence electrons. The van der Waals surface area contributed by atoms with Gasteiger partial charge in [0, 0.05) is 12.3 Å². The monoisotopic (exact) mass is 328 g/mol. The van der Waals surface area contributed by atoms with Crippen molar-refractivity contribution in [1.82, 2.24) is 5.32 Å². The maximum atomic E-state index is 10.9. The molecule has 0 bridgehead atoms. The molecule has 0 aromatic heterocycles. The Hall–Kier alpha value is 0.905. The van der Waals surface area contributed by atoms with Crippen molar-refractivity contribution >= 4 is 11.8 Å². The average Bonchev–Trinajstić information content (AvgIpc) is 1.99. The van der Waals surface area contributed by atoms with Crippen LogP contribution in [0.4, 0.5) is 0 Å². The molecule has 0 heterocycles. The SMILES string of the molecule is CC(=O)NC(=O)C(C)(C)C.C[N-]CC(C)(C)C.[Rb+]. The fraction of sp³-hybridized carbons (Fsp3) is 0.846. The van der Waals surface area contributed by atoms with Gasteiger partial charge in [-0.2, -0.15) is 7.05 Å². The smallest absolute Gasteiger partial charge is 0.665 e. The first kappa shape index (κ1) is 24.0. The molecule has 18 heavy (non-hydrogen) atoms. The van der Waals surface area contributed by atoms with Crippen molar-refractivity contribution in [3.63, 3.8) is 0 Å². The van der Waals surface area contributed by atoms with Crippen molar-refractivity contribution < 1.29 is 67.8 Å². The zero-order valence-electron chi connectivity index (χ0n) is 13.5. The molecule has 1 N–H and O–H groups in total. The van der Waals surface area contributed by atoms with Gasteiger partial charge in [-0.15, -0.1) is 6.54 Å². The number of carbonyl (C=O) groups is 2. The van der Waals surface area contributed by atoms with Crippen molar-refractivity contribution in [2.45, 2.75) is 48.5 Å². The number of carbonyl (C=O) groups excluding carboxylic acids is 2. The predicted octanol–water partition coefficient (Wildman–Crippen LogP) is -0.265. The molecule has 4 nitrogen and oxygen atoms in total. The van der Waals surface area contributed by atoms with Gasteiger partial charge in [0.05, 0.1) is 0 Å². The van der Waals surface area contributed by atoms with E-state index in [4.69, 9.17) is 0 Å². The first-order valence-corrected chi connectivity index (χ1v) is 5.78. The summed E-state index contributed by atoms with van der Waals surface area (Å²) >= 11 is 0. The number of hydrogen-bond acceptors (Lipinski definition) is 2. The molecule has 0 aliphatic rings. The second-order valence-electron chi connectivity index (χ2n) is 6.30. The largest absolute Gasteiger partial charge is 1.00 e. The summed E-state index contributed by atoms with van der Waals surface area (Å²) in [6.07, 6.45) is 0. The molecule has 0 aliphatic carbocycles. The van der Waals surface area contributed by atoms with Gasteiger partial charge in [-0.05, 0) is 0 Å². The van der Waals surface area contributed by atoms with E-state index in [1.807, 2.05) is 7.05 Å². The summed E-state index contributed by atoms with van der Waals surface area (Å²) in [5, 5.41) is 6.21. The molecule has 0 aliphatic heterocycles. The van der Waals surface area contributed by atoms with E-state index in [0.717, 1.165) is 6.54 Å². The Balaban J connectivity index is -0.000000251. The quantitative estimate of drug-likeness (QED) is 0.720. The number of nitrogens with zero attached hydrogens (tertiary/aromatic N) is 1. The van der Waals surface area contributed by atoms with Crippen LogP contribution in [-0.4, -0.2) is 25.4 Å². The van der Waals surface area contributed by atoms with Crippen LogP contribution in [0.1, 0.15) is 48.5 Å². The zero-order chi connectivity index (χ0) is 14.3. The molecule has 0 aromatic rings. The molecule has 0 atom stereocenters. The molecule has 0 rings (SSSR count). The molecular weight excluding hydrogens is 302 g/mol. The molecule has 0 spiro atoms. The van der Waals surface area contributed by atoms with Crippen LogP contribution >= 0.6 is 0 Å². The maximum Gasteiger partial charge on any atom is 1.00 e. The topological polar surface area (TPSA) is 60.3 Å². The summed E-state index contributed by atoms with van der Waals surface area (Å²) < 4.78 is 0. The summed E-state index contributed by atoms with van der Waals surface area (Å²) in [7, 11) is 1.85. The molecule has 0 fully saturated rings. The van der Waals surface area contributed by atoms with Crippen LogP contribution in [0.25, 0.3) is 5.32 Å². The van der Waals surface area contributed by atoms with Crippen LogP contribution in [0.15, 0.2) is 0 Å². The normalized spacial score (nSPS) is 10.7. The molecule has 0 unspecified atom stereocenters. The average molecular weight is 329 g/mol. The number of imide groups is 1. The van der Waals surface area contributed by atoms with Gasteiger partial charge in [-0.25, -0.2) is 0 Å². The summed E-state index contributed by atoms with van der Waals surface area (Å²) in [5.41, 5.74) is -0.0968. The molecular formula is C13H27N2O2Rb. The van der Waals surface area contributed by atoms with Gasteiger partial charge in [0.25, 0.3) is 0 Å². The minimum atomic E-state index is -0.480. The Morgan fingerprint density at radius 2 is 1.44 bits per heavy atom. The van der Waals surface area contributed by atoms with E-state index >= 15 is 0 Å². The van der Waals surface area contributed by atoms with Crippen molar-refractivity contribution in [3.05, 3.63) is 5.32 Å². The van der Waals surface area contributed by atoms with E-state index in [1.165, 1.54) is 6.92 Å². The van der Waals surface area contributed by atoms with Crippen molar-refractivity contribution in [2.75, 3.05) is 13.6 Å². The van der Waals surface area contributed by atoms with Crippen LogP contribution in [0.5, 0.6) is 0 Å². The van der Waals surface area contributed by atoms with Crippen molar-refractivity contribution in [3.8, 4) is 0 Å². The van der Waals surface area contributed by atoms with E-state index in [9.17, 15) is 9.59 Å². The maximum absolute atomic E-state index is 10.9. The summed E-state index contributed by atoms with van der Waals surface area (Å²) in [4.78, 5) is 21.3. The Morgan fingerprint density at radius 1 is 1.06 bits per heavy atom. The van der Waals surface area contributed by atoms with Crippen LogP contribution in [-0.2, 0) is 9.59 Å². The summed E-state index contributed by atoms with van der Waals surface area (Å²) in [6, 6.07) is 0. The summed E-state index contributed by atoms with van der Waals surface area (Å²) in [6.45, 7) is 14.1. The van der Waals surface area contributed by atoms with Gasteiger partial charge in [0.1, 0.15) is 0 Å². The van der Waals surface area contributed by atoms with Gasteiger partial charge in [-0.3, -0.25) is 14.9 Å². The summed E-state index contributed by atoms with van der Waals surface area (Å²) in [5.74, 6) is -0.542. The molecule has 0 radical (unpaired) electrons. The van der Waals surface area contributed by atoms with Crippen LogP contribution in [0.3, 0.4) is 0 Å². The number of hydrogen-bond donors (Lipinski definition) is 1. The van der Waals surface area contributed by atoms with Gasteiger partial charge < -0.3 is 5.32 Å². The van der Waals surface area contributed by atoms with E-state index in [-0.39, 0.29) is 70.0 Å². The Morgan fingerprint density at radius 3 is 1.50 bits per heavy atom. The fourth-order valence-electron chi connectivity index (χ4n) is 0.822. The van der Waals surface area contributed by atoms with E-state index in [1.54, 1.807) is 20.8 Å². The first-order valence-electron chi connectivity index (χ1n) is 5.78. The third-order valence-electron chi connectivity index (χ3n) is 1.60. The van der Waals surface area contributed by atoms with Crippen molar-refractivity contribution in [2.24, 2.45) is 10.8 Å². The molecule has 0 saturated carbocycles. The standard InChI is InChI=1S/C7H13NO2.C6H14N.Rb/c1-5(9)8-6(10)7(2,3)4;1-6(2,3)5-7-4;/h1-4H3,(H,8,9,10);5H2,1-4H3;/q;-1;+1. The van der Waals surface area contributed by atoms with Gasteiger partial charge in [-0.1, -0.05) is 47.0 Å². The minimum absolute atomic E-state index is 0. The third kappa shape index (κ3) is 19.2. The van der Waals surface area contributed by atoms with E-state index in [0.29, 0.717) is 5.41 Å². The predicted molar refractivity (Wildman–Crippen MR) is 71.9 cm³/mol. The molecule has 5 heteroatoms. The number of nitrogens with one attached hydrogen (secondary N) is 1. The van der Waals surface area contributed by atoms with Crippen LogP contribution in [0.2, 0.25) is 0 Å². The second kappa shape index (κ2) is 10.7. The fourth-order valence-corrected chi connectivity index (χ4v) is 0.822. The Bertz CT molecular complexity index is 253. The van der Waals surface area contributed by atoms with E-state index < -0.39 is 5.41 Å². The first-order chi connectivity index (χ1) is 7.40. The minimum Gasteiger partial charge on any atom is -0.665 e. The zero-order valence-corrected chi connectivity index (χ0v) is 18.4. The van der Waals surface area contributed by atoms with Gasteiger partial charge >= 0.3 is 58.2 Å². The van der Waals surface area contributed by atoms with Crippen LogP contribution in [0, 0.1) is 10.8 Å². The second-order valence-corrected chi connectivity index (χ2v) is 6.30. The molecule has 0 aromatic carbocycles. The third-order valence-corrected chi connectivity index (χ3v) is 1.60. The Labute approximate surface area is 161 Å². The number of amides is 2. The van der Waals surface area contributed by atoms with Gasteiger partial charge in [0.2, 0.25) is 11.8 Å².